The van der Waals surface area contributed by atoms with Crippen LogP contribution in [0.25, 0.3) is 0 Å². The number of rotatable bonds is 9. The molecule has 11 heteroatoms. The molecular formula is C20H24N4O6S. The summed E-state index contributed by atoms with van der Waals surface area (Å²) in [5, 5.41) is 25.5. The zero-order valence-corrected chi connectivity index (χ0v) is 17.8. The molecule has 1 aliphatic heterocycles. The number of nitrogens with one attached hydrogen (secondary N) is 1. The van der Waals surface area contributed by atoms with E-state index < -0.39 is 20.6 Å². The Labute approximate surface area is 180 Å². The Morgan fingerprint density at radius 1 is 1.26 bits per heavy atom. The zero-order chi connectivity index (χ0) is 22.4. The summed E-state index contributed by atoms with van der Waals surface area (Å²) in [6.45, 7) is 3.32. The molecule has 2 aromatic rings. The molecule has 2 aromatic carbocycles. The van der Waals surface area contributed by atoms with Crippen molar-refractivity contribution >= 4 is 27.6 Å². The van der Waals surface area contributed by atoms with E-state index in [-0.39, 0.29) is 16.3 Å². The number of hydrazone groups is 1. The minimum absolute atomic E-state index is 0.0315. The normalized spacial score (nSPS) is 14.7. The number of sulfonamides is 1. The Morgan fingerprint density at radius 2 is 2.00 bits per heavy atom. The molecule has 0 bridgehead atoms. The smallest absolute Gasteiger partial charge is 0.295 e. The van der Waals surface area contributed by atoms with Gasteiger partial charge in [0.1, 0.15) is 17.2 Å². The molecule has 0 unspecified atom stereocenters. The highest BCUT2D eigenvalue weighted by molar-refractivity contribution is 7.89. The van der Waals surface area contributed by atoms with Crippen molar-refractivity contribution in [3.8, 4) is 11.5 Å². The van der Waals surface area contributed by atoms with Crippen LogP contribution in [0.4, 0.5) is 11.4 Å². The van der Waals surface area contributed by atoms with Crippen molar-refractivity contribution in [1.29, 1.82) is 0 Å². The Balaban J connectivity index is 1.78. The van der Waals surface area contributed by atoms with Crippen LogP contribution < -0.4 is 10.2 Å². The molecule has 1 aliphatic rings. The molecule has 166 valence electrons. The number of ether oxygens (including phenoxy) is 1. The predicted octanol–water partition coefficient (Wildman–Crippen LogP) is 3.32. The van der Waals surface area contributed by atoms with Gasteiger partial charge in [0.25, 0.3) is 5.69 Å². The fraction of sp³-hybridized carbons (Fsp3) is 0.350. The van der Waals surface area contributed by atoms with E-state index in [9.17, 15) is 23.6 Å². The Morgan fingerprint density at radius 3 is 2.65 bits per heavy atom. The van der Waals surface area contributed by atoms with E-state index in [0.717, 1.165) is 25.3 Å². The fourth-order valence-corrected chi connectivity index (χ4v) is 4.65. The van der Waals surface area contributed by atoms with Crippen LogP contribution in [0.3, 0.4) is 0 Å². The first-order chi connectivity index (χ1) is 14.8. The van der Waals surface area contributed by atoms with E-state index in [1.54, 1.807) is 12.1 Å². The second-order valence-electron chi connectivity index (χ2n) is 6.99. The standard InChI is InChI=1S/C20H24N4O6S/c1-2-11-30-16-6-5-15(20(25)12-16)14-21-22-18-8-7-17(13-19(18)24(26)27)31(28,29)23-9-3-4-10-23/h5-8,12-14,22,25H,2-4,9-11H2,1H3/b21-14-. The minimum atomic E-state index is -3.77. The summed E-state index contributed by atoms with van der Waals surface area (Å²) >= 11 is 0. The van der Waals surface area contributed by atoms with Crippen molar-refractivity contribution in [2.45, 2.75) is 31.1 Å². The molecule has 31 heavy (non-hydrogen) atoms. The van der Waals surface area contributed by atoms with Gasteiger partial charge >= 0.3 is 0 Å². The van der Waals surface area contributed by atoms with E-state index >= 15 is 0 Å². The van der Waals surface area contributed by atoms with E-state index in [1.165, 1.54) is 28.7 Å². The molecule has 1 heterocycles. The zero-order valence-electron chi connectivity index (χ0n) is 17.0. The van der Waals surface area contributed by atoms with Gasteiger partial charge in [-0.15, -0.1) is 0 Å². The number of hydrogen-bond donors (Lipinski definition) is 2. The van der Waals surface area contributed by atoms with Crippen LogP contribution in [-0.2, 0) is 10.0 Å². The molecule has 0 amide bonds. The average Bonchev–Trinajstić information content (AvgIpc) is 3.29. The average molecular weight is 449 g/mol. The molecule has 0 spiro atoms. The number of nitro benzene ring substituents is 1. The van der Waals surface area contributed by atoms with Gasteiger partial charge in [-0.2, -0.15) is 9.41 Å². The third-order valence-corrected chi connectivity index (χ3v) is 6.63. The van der Waals surface area contributed by atoms with Crippen LogP contribution in [0.2, 0.25) is 0 Å². The van der Waals surface area contributed by atoms with Crippen molar-refractivity contribution in [2.24, 2.45) is 5.10 Å². The van der Waals surface area contributed by atoms with Gasteiger partial charge in [-0.1, -0.05) is 6.92 Å². The Bertz CT molecular complexity index is 1080. The monoisotopic (exact) mass is 448 g/mol. The predicted molar refractivity (Wildman–Crippen MR) is 116 cm³/mol. The quantitative estimate of drug-likeness (QED) is 0.341. The van der Waals surface area contributed by atoms with Crippen molar-refractivity contribution in [2.75, 3.05) is 25.1 Å². The highest BCUT2D eigenvalue weighted by Gasteiger charge is 2.29. The first kappa shape index (κ1) is 22.5. The molecule has 1 saturated heterocycles. The summed E-state index contributed by atoms with van der Waals surface area (Å²) in [6, 6.07) is 8.39. The number of aromatic hydroxyl groups is 1. The summed E-state index contributed by atoms with van der Waals surface area (Å²) < 4.78 is 32.1. The summed E-state index contributed by atoms with van der Waals surface area (Å²) in [5.74, 6) is 0.468. The lowest BCUT2D eigenvalue weighted by Gasteiger charge is -2.15. The first-order valence-corrected chi connectivity index (χ1v) is 11.3. The minimum Gasteiger partial charge on any atom is -0.507 e. The van der Waals surface area contributed by atoms with Crippen molar-refractivity contribution in [1.82, 2.24) is 4.31 Å². The van der Waals surface area contributed by atoms with Crippen LogP contribution in [0, 0.1) is 10.1 Å². The number of phenols is 1. The largest absolute Gasteiger partial charge is 0.507 e. The maximum absolute atomic E-state index is 12.7. The highest BCUT2D eigenvalue weighted by atomic mass is 32.2. The fourth-order valence-electron chi connectivity index (χ4n) is 3.11. The molecule has 0 saturated carbocycles. The number of nitro groups is 1. The molecule has 0 radical (unpaired) electrons. The molecule has 3 rings (SSSR count). The maximum Gasteiger partial charge on any atom is 0.295 e. The Kier molecular flexibility index (Phi) is 7.08. The molecule has 0 atom stereocenters. The first-order valence-electron chi connectivity index (χ1n) is 9.86. The van der Waals surface area contributed by atoms with Crippen molar-refractivity contribution in [3.05, 3.63) is 52.1 Å². The maximum atomic E-state index is 12.7. The molecule has 10 nitrogen and oxygen atoms in total. The van der Waals surface area contributed by atoms with Crippen molar-refractivity contribution in [3.63, 3.8) is 0 Å². The Hall–Kier alpha value is -3.18. The molecule has 1 fully saturated rings. The summed E-state index contributed by atoms with van der Waals surface area (Å²) in [6.07, 6.45) is 3.69. The van der Waals surface area contributed by atoms with Gasteiger partial charge in [-0.05, 0) is 43.5 Å². The third kappa shape index (κ3) is 5.30. The number of benzene rings is 2. The molecular weight excluding hydrogens is 424 g/mol. The molecule has 2 N–H and O–H groups in total. The van der Waals surface area contributed by atoms with Crippen LogP contribution >= 0.6 is 0 Å². The molecule has 0 aromatic heterocycles. The van der Waals surface area contributed by atoms with Crippen LogP contribution in [0.1, 0.15) is 31.7 Å². The van der Waals surface area contributed by atoms with Gasteiger partial charge in [0.15, 0.2) is 0 Å². The second kappa shape index (κ2) is 9.75. The summed E-state index contributed by atoms with van der Waals surface area (Å²) in [5.41, 5.74) is 2.55. The summed E-state index contributed by atoms with van der Waals surface area (Å²) in [7, 11) is -3.77. The van der Waals surface area contributed by atoms with E-state index in [2.05, 4.69) is 10.5 Å². The topological polar surface area (TPSA) is 134 Å². The van der Waals surface area contributed by atoms with Gasteiger partial charge in [0.05, 0.1) is 22.6 Å². The number of anilines is 1. The number of hydrogen-bond acceptors (Lipinski definition) is 8. The number of nitrogens with zero attached hydrogens (tertiary/aromatic N) is 3. The SMILES string of the molecule is CCCOc1ccc(/C=N\Nc2ccc(S(=O)(=O)N3CCCC3)cc2[N+](=O)[O-])c(O)c1. The summed E-state index contributed by atoms with van der Waals surface area (Å²) in [4.78, 5) is 10.7. The highest BCUT2D eigenvalue weighted by Crippen LogP contribution is 2.30. The lowest BCUT2D eigenvalue weighted by atomic mass is 10.2. The lowest BCUT2D eigenvalue weighted by molar-refractivity contribution is -0.384. The van der Waals surface area contributed by atoms with E-state index in [4.69, 9.17) is 4.74 Å². The van der Waals surface area contributed by atoms with Gasteiger partial charge in [0.2, 0.25) is 10.0 Å². The van der Waals surface area contributed by atoms with Gasteiger partial charge in [0, 0.05) is 30.8 Å². The van der Waals surface area contributed by atoms with Gasteiger partial charge in [-0.25, -0.2) is 8.42 Å². The van der Waals surface area contributed by atoms with E-state index in [1.807, 2.05) is 6.92 Å². The van der Waals surface area contributed by atoms with Gasteiger partial charge < -0.3 is 9.84 Å². The van der Waals surface area contributed by atoms with Gasteiger partial charge in [-0.3, -0.25) is 15.5 Å². The molecule has 0 aliphatic carbocycles. The lowest BCUT2D eigenvalue weighted by Crippen LogP contribution is -2.27. The van der Waals surface area contributed by atoms with Crippen LogP contribution in [0.5, 0.6) is 11.5 Å². The number of phenolic OH excluding ortho intramolecular Hbond substituents is 1. The van der Waals surface area contributed by atoms with Crippen LogP contribution in [-0.4, -0.2) is 48.7 Å². The second-order valence-corrected chi connectivity index (χ2v) is 8.92. The van der Waals surface area contributed by atoms with E-state index in [0.29, 0.717) is 31.0 Å². The van der Waals surface area contributed by atoms with Crippen LogP contribution in [0.15, 0.2) is 46.4 Å². The van der Waals surface area contributed by atoms with Crippen molar-refractivity contribution < 1.29 is 23.2 Å². The third-order valence-electron chi connectivity index (χ3n) is 4.73.